The average molecular weight is 253 g/mol. The molecule has 0 aromatic carbocycles. The molecule has 18 heavy (non-hydrogen) atoms. The van der Waals surface area contributed by atoms with E-state index in [2.05, 4.69) is 29.1 Å². The summed E-state index contributed by atoms with van der Waals surface area (Å²) in [5.74, 6) is 1.87. The second-order valence-electron chi connectivity index (χ2n) is 4.61. The molecule has 1 aromatic rings. The van der Waals surface area contributed by atoms with Crippen molar-refractivity contribution in [3.05, 3.63) is 17.7 Å². The molecule has 0 fully saturated rings. The Labute approximate surface area is 109 Å². The van der Waals surface area contributed by atoms with Gasteiger partial charge in [-0.3, -0.25) is 0 Å². The van der Waals surface area contributed by atoms with E-state index < -0.39 is 0 Å². The highest BCUT2D eigenvalue weighted by Crippen LogP contribution is 2.19. The van der Waals surface area contributed by atoms with Crippen LogP contribution in [0.1, 0.15) is 38.2 Å². The van der Waals surface area contributed by atoms with Crippen molar-refractivity contribution in [1.82, 2.24) is 15.3 Å². The standard InChI is InChI=1S/C13H23N3O2/c1-9(2)13-15-7-12(11(16-13)6-14-4)18-10(3)8-17-5/h7,9-10,14H,6,8H2,1-5H3. The van der Waals surface area contributed by atoms with Crippen LogP contribution < -0.4 is 10.1 Å². The second-order valence-corrected chi connectivity index (χ2v) is 4.61. The largest absolute Gasteiger partial charge is 0.485 e. The summed E-state index contributed by atoms with van der Waals surface area (Å²) in [5, 5.41) is 3.09. The molecule has 0 bridgehead atoms. The van der Waals surface area contributed by atoms with Gasteiger partial charge in [0.2, 0.25) is 0 Å². The van der Waals surface area contributed by atoms with Crippen LogP contribution in [0.4, 0.5) is 0 Å². The first-order valence-electron chi connectivity index (χ1n) is 6.24. The van der Waals surface area contributed by atoms with Gasteiger partial charge >= 0.3 is 0 Å². The molecule has 0 radical (unpaired) electrons. The zero-order chi connectivity index (χ0) is 13.5. The summed E-state index contributed by atoms with van der Waals surface area (Å²) in [5.41, 5.74) is 0.888. The molecule has 0 aliphatic carbocycles. The molecule has 1 rings (SSSR count). The Hall–Kier alpha value is -1.20. The summed E-state index contributed by atoms with van der Waals surface area (Å²) in [6.45, 7) is 7.32. The van der Waals surface area contributed by atoms with Crippen LogP contribution in [0, 0.1) is 0 Å². The van der Waals surface area contributed by atoms with Gasteiger partial charge in [0, 0.05) is 19.6 Å². The molecule has 1 aromatic heterocycles. The number of rotatable bonds is 7. The second kappa shape index (κ2) is 7.28. The molecule has 0 saturated heterocycles. The number of hydrogen-bond donors (Lipinski definition) is 1. The minimum Gasteiger partial charge on any atom is -0.485 e. The summed E-state index contributed by atoms with van der Waals surface area (Å²) in [4.78, 5) is 8.87. The van der Waals surface area contributed by atoms with Gasteiger partial charge in [0.15, 0.2) is 5.75 Å². The first kappa shape index (κ1) is 14.9. The molecule has 0 spiro atoms. The molecule has 1 heterocycles. The molecule has 0 amide bonds. The van der Waals surface area contributed by atoms with Crippen LogP contribution in [-0.2, 0) is 11.3 Å². The van der Waals surface area contributed by atoms with Crippen molar-refractivity contribution in [3.63, 3.8) is 0 Å². The molecule has 0 saturated carbocycles. The Morgan fingerprint density at radius 1 is 1.33 bits per heavy atom. The van der Waals surface area contributed by atoms with Crippen molar-refractivity contribution < 1.29 is 9.47 Å². The molecule has 0 aliphatic heterocycles. The topological polar surface area (TPSA) is 56.3 Å². The van der Waals surface area contributed by atoms with E-state index in [9.17, 15) is 0 Å². The molecule has 5 heteroatoms. The number of methoxy groups -OCH3 is 1. The van der Waals surface area contributed by atoms with Crippen molar-refractivity contribution in [1.29, 1.82) is 0 Å². The van der Waals surface area contributed by atoms with Crippen molar-refractivity contribution in [2.75, 3.05) is 20.8 Å². The Kier molecular flexibility index (Phi) is 6.01. The van der Waals surface area contributed by atoms with E-state index in [1.54, 1.807) is 13.3 Å². The van der Waals surface area contributed by atoms with E-state index in [0.29, 0.717) is 19.1 Å². The summed E-state index contributed by atoms with van der Waals surface area (Å²) in [6.07, 6.45) is 1.74. The third kappa shape index (κ3) is 4.23. The minimum absolute atomic E-state index is 0.0147. The third-order valence-electron chi connectivity index (χ3n) is 2.44. The molecule has 1 atom stereocenters. The summed E-state index contributed by atoms with van der Waals surface area (Å²) < 4.78 is 10.8. The van der Waals surface area contributed by atoms with Gasteiger partial charge in [-0.2, -0.15) is 0 Å². The van der Waals surface area contributed by atoms with Crippen molar-refractivity contribution in [2.24, 2.45) is 0 Å². The van der Waals surface area contributed by atoms with Gasteiger partial charge in [-0.1, -0.05) is 13.8 Å². The van der Waals surface area contributed by atoms with Crippen LogP contribution in [0.3, 0.4) is 0 Å². The fourth-order valence-electron chi connectivity index (χ4n) is 1.58. The molecular weight excluding hydrogens is 230 g/mol. The van der Waals surface area contributed by atoms with Gasteiger partial charge in [-0.15, -0.1) is 0 Å². The molecule has 1 N–H and O–H groups in total. The van der Waals surface area contributed by atoms with Gasteiger partial charge < -0.3 is 14.8 Å². The predicted octanol–water partition coefficient (Wildman–Crippen LogP) is 1.73. The van der Waals surface area contributed by atoms with Gasteiger partial charge in [0.05, 0.1) is 18.5 Å². The Morgan fingerprint density at radius 3 is 2.61 bits per heavy atom. The minimum atomic E-state index is -0.0147. The highest BCUT2D eigenvalue weighted by molar-refractivity contribution is 5.25. The lowest BCUT2D eigenvalue weighted by Crippen LogP contribution is -2.20. The normalized spacial score (nSPS) is 12.8. The van der Waals surface area contributed by atoms with E-state index in [0.717, 1.165) is 17.3 Å². The molecule has 102 valence electrons. The SMILES string of the molecule is CNCc1nc(C(C)C)ncc1OC(C)COC. The van der Waals surface area contributed by atoms with Crippen LogP contribution in [0.25, 0.3) is 0 Å². The highest BCUT2D eigenvalue weighted by Gasteiger charge is 2.12. The van der Waals surface area contributed by atoms with Crippen LogP contribution in [0.2, 0.25) is 0 Å². The smallest absolute Gasteiger partial charge is 0.160 e. The summed E-state index contributed by atoms with van der Waals surface area (Å²) in [6, 6.07) is 0. The Balaban J connectivity index is 2.88. The maximum absolute atomic E-state index is 5.78. The van der Waals surface area contributed by atoms with Crippen LogP contribution in [-0.4, -0.2) is 36.8 Å². The van der Waals surface area contributed by atoms with Crippen LogP contribution in [0.15, 0.2) is 6.20 Å². The van der Waals surface area contributed by atoms with Gasteiger partial charge in [0.1, 0.15) is 11.9 Å². The number of hydrogen-bond acceptors (Lipinski definition) is 5. The first-order valence-corrected chi connectivity index (χ1v) is 6.24. The fraction of sp³-hybridized carbons (Fsp3) is 0.692. The quantitative estimate of drug-likeness (QED) is 0.802. The maximum atomic E-state index is 5.78. The lowest BCUT2D eigenvalue weighted by Gasteiger charge is -2.17. The lowest BCUT2D eigenvalue weighted by molar-refractivity contribution is 0.0906. The Bertz CT molecular complexity index is 369. The average Bonchev–Trinajstić information content (AvgIpc) is 2.31. The molecule has 1 unspecified atom stereocenters. The van der Waals surface area contributed by atoms with E-state index in [1.165, 1.54) is 0 Å². The van der Waals surface area contributed by atoms with Crippen molar-refractivity contribution in [2.45, 2.75) is 39.3 Å². The molecular formula is C13H23N3O2. The van der Waals surface area contributed by atoms with E-state index in [1.807, 2.05) is 14.0 Å². The third-order valence-corrected chi connectivity index (χ3v) is 2.44. The number of aromatic nitrogens is 2. The number of nitrogens with one attached hydrogen (secondary N) is 1. The van der Waals surface area contributed by atoms with Crippen LogP contribution in [0.5, 0.6) is 5.75 Å². The zero-order valence-corrected chi connectivity index (χ0v) is 11.9. The highest BCUT2D eigenvalue weighted by atomic mass is 16.5. The van der Waals surface area contributed by atoms with E-state index in [-0.39, 0.29) is 6.10 Å². The van der Waals surface area contributed by atoms with Crippen LogP contribution >= 0.6 is 0 Å². The van der Waals surface area contributed by atoms with E-state index >= 15 is 0 Å². The maximum Gasteiger partial charge on any atom is 0.160 e. The lowest BCUT2D eigenvalue weighted by atomic mass is 10.2. The monoisotopic (exact) mass is 253 g/mol. The number of ether oxygens (including phenoxy) is 2. The fourth-order valence-corrected chi connectivity index (χ4v) is 1.58. The van der Waals surface area contributed by atoms with E-state index in [4.69, 9.17) is 9.47 Å². The van der Waals surface area contributed by atoms with Gasteiger partial charge in [-0.25, -0.2) is 9.97 Å². The van der Waals surface area contributed by atoms with Gasteiger partial charge in [0.25, 0.3) is 0 Å². The Morgan fingerprint density at radius 2 is 2.06 bits per heavy atom. The first-order chi connectivity index (χ1) is 8.58. The molecule has 0 aliphatic rings. The van der Waals surface area contributed by atoms with Crippen molar-refractivity contribution in [3.8, 4) is 5.75 Å². The summed E-state index contributed by atoms with van der Waals surface area (Å²) >= 11 is 0. The zero-order valence-electron chi connectivity index (χ0n) is 11.9. The number of nitrogens with zero attached hydrogens (tertiary/aromatic N) is 2. The predicted molar refractivity (Wildman–Crippen MR) is 70.9 cm³/mol. The van der Waals surface area contributed by atoms with Gasteiger partial charge in [-0.05, 0) is 14.0 Å². The summed E-state index contributed by atoms with van der Waals surface area (Å²) in [7, 11) is 3.55. The molecule has 5 nitrogen and oxygen atoms in total. The van der Waals surface area contributed by atoms with Crippen molar-refractivity contribution >= 4 is 0 Å².